The second-order valence-corrected chi connectivity index (χ2v) is 10.7. The number of carbonyl (C=O) groups excluding carboxylic acids is 1. The number of nitrogens with zero attached hydrogens (tertiary/aromatic N) is 5. The molecule has 1 saturated heterocycles. The lowest BCUT2D eigenvalue weighted by Crippen LogP contribution is -2.40. The lowest BCUT2D eigenvalue weighted by molar-refractivity contribution is 0.0901. The van der Waals surface area contributed by atoms with Crippen LogP contribution < -0.4 is 10.6 Å². The van der Waals surface area contributed by atoms with E-state index in [2.05, 4.69) is 27.3 Å². The van der Waals surface area contributed by atoms with Crippen LogP contribution in [0.2, 0.25) is 0 Å². The SMILES string of the molecule is Cc1nnc(N2CCOCC2c2ccc3[nH]c([C@@H](c4onc(C)c4C(N)=O)C4CCC(C)CC4)nc3c2F)o1. The average Bonchev–Trinajstić information content (AvgIpc) is 3.64. The second-order valence-electron chi connectivity index (χ2n) is 10.7. The van der Waals surface area contributed by atoms with E-state index in [0.717, 1.165) is 25.7 Å². The number of H-pyrrole nitrogens is 1. The number of aromatic nitrogens is 5. The van der Waals surface area contributed by atoms with Crippen molar-refractivity contribution in [3.8, 4) is 0 Å². The molecule has 0 bridgehead atoms. The van der Waals surface area contributed by atoms with E-state index < -0.39 is 23.7 Å². The molecule has 2 aliphatic rings. The van der Waals surface area contributed by atoms with Gasteiger partial charge in [0, 0.05) is 19.0 Å². The summed E-state index contributed by atoms with van der Waals surface area (Å²) < 4.78 is 33.2. The van der Waals surface area contributed by atoms with Crippen LogP contribution in [0.3, 0.4) is 0 Å². The van der Waals surface area contributed by atoms with Crippen LogP contribution in [0.25, 0.3) is 11.0 Å². The van der Waals surface area contributed by atoms with Crippen molar-refractivity contribution >= 4 is 23.0 Å². The highest BCUT2D eigenvalue weighted by Gasteiger charge is 2.38. The summed E-state index contributed by atoms with van der Waals surface area (Å²) in [6.45, 7) is 6.87. The Bertz CT molecular complexity index is 1500. The van der Waals surface area contributed by atoms with Crippen molar-refractivity contribution in [1.82, 2.24) is 25.3 Å². The van der Waals surface area contributed by atoms with E-state index in [1.54, 1.807) is 19.9 Å². The second kappa shape index (κ2) is 10.1. The minimum Gasteiger partial charge on any atom is -0.408 e. The number of amides is 1. The number of halogens is 1. The first-order valence-corrected chi connectivity index (χ1v) is 13.4. The fraction of sp³-hybridized carbons (Fsp3) is 0.519. The van der Waals surface area contributed by atoms with Gasteiger partial charge in [0.25, 0.3) is 5.91 Å². The third-order valence-electron chi connectivity index (χ3n) is 8.13. The summed E-state index contributed by atoms with van der Waals surface area (Å²) in [5, 5.41) is 12.1. The molecule has 12 heteroatoms. The summed E-state index contributed by atoms with van der Waals surface area (Å²) in [5.41, 5.74) is 7.61. The molecule has 1 saturated carbocycles. The standard InChI is InChI=1S/C27H32FN7O4/c1-13-4-6-16(7-5-13)21(24-20(25(29)36)14(2)34-39-24)26-30-18-9-8-17(22(28)23(18)31-26)19-12-37-11-10-35(19)27-33-32-15(3)38-27/h8-9,13,16,19,21H,4-7,10-12H2,1-3H3,(H2,29,36)(H,30,31)/t13?,16?,19?,21-/m1/s1. The number of morpholine rings is 1. The number of hydrogen-bond acceptors (Lipinski definition) is 9. The van der Waals surface area contributed by atoms with Gasteiger partial charge in [-0.15, -0.1) is 5.10 Å². The van der Waals surface area contributed by atoms with Crippen LogP contribution in [0.4, 0.5) is 10.4 Å². The third kappa shape index (κ3) is 4.56. The first kappa shape index (κ1) is 25.5. The van der Waals surface area contributed by atoms with Crippen molar-refractivity contribution in [3.63, 3.8) is 0 Å². The van der Waals surface area contributed by atoms with Crippen molar-refractivity contribution in [2.24, 2.45) is 17.6 Å². The van der Waals surface area contributed by atoms with Gasteiger partial charge in [-0.05, 0) is 37.7 Å². The highest BCUT2D eigenvalue weighted by atomic mass is 19.1. The van der Waals surface area contributed by atoms with E-state index >= 15 is 4.39 Å². The van der Waals surface area contributed by atoms with Crippen LogP contribution in [0.1, 0.15) is 83.7 Å². The van der Waals surface area contributed by atoms with Gasteiger partial charge in [0.15, 0.2) is 11.6 Å². The van der Waals surface area contributed by atoms with Crippen LogP contribution in [-0.2, 0) is 4.74 Å². The predicted octanol–water partition coefficient (Wildman–Crippen LogP) is 4.32. The lowest BCUT2D eigenvalue weighted by Gasteiger charge is -2.34. The van der Waals surface area contributed by atoms with Gasteiger partial charge in [-0.1, -0.05) is 36.1 Å². The van der Waals surface area contributed by atoms with Gasteiger partial charge in [-0.2, -0.15) is 0 Å². The van der Waals surface area contributed by atoms with Crippen LogP contribution >= 0.6 is 0 Å². The molecule has 1 aromatic carbocycles. The summed E-state index contributed by atoms with van der Waals surface area (Å²) in [6.07, 6.45) is 3.94. The normalized spacial score (nSPS) is 22.9. The first-order valence-electron chi connectivity index (χ1n) is 13.4. The molecule has 2 fully saturated rings. The number of carbonyl (C=O) groups is 1. The summed E-state index contributed by atoms with van der Waals surface area (Å²) >= 11 is 0. The molecule has 0 radical (unpaired) electrons. The van der Waals surface area contributed by atoms with Gasteiger partial charge in [0.2, 0.25) is 5.89 Å². The number of anilines is 1. The van der Waals surface area contributed by atoms with Crippen LogP contribution in [0.5, 0.6) is 0 Å². The van der Waals surface area contributed by atoms with Gasteiger partial charge in [0.1, 0.15) is 16.9 Å². The number of imidazole rings is 1. The fourth-order valence-electron chi connectivity index (χ4n) is 6.05. The molecule has 11 nitrogen and oxygen atoms in total. The van der Waals surface area contributed by atoms with E-state index in [0.29, 0.717) is 59.3 Å². The van der Waals surface area contributed by atoms with Crippen LogP contribution in [0.15, 0.2) is 21.1 Å². The Kier molecular flexibility index (Phi) is 6.57. The van der Waals surface area contributed by atoms with Gasteiger partial charge in [-0.3, -0.25) is 4.79 Å². The molecule has 1 unspecified atom stereocenters. The number of rotatable bonds is 6. The maximum Gasteiger partial charge on any atom is 0.318 e. The molecule has 206 valence electrons. The molecule has 4 heterocycles. The van der Waals surface area contributed by atoms with Gasteiger partial charge in [-0.25, -0.2) is 9.37 Å². The molecule has 3 N–H and O–H groups in total. The molecule has 2 atom stereocenters. The zero-order valence-electron chi connectivity index (χ0n) is 22.2. The maximum atomic E-state index is 16.2. The van der Waals surface area contributed by atoms with E-state index in [9.17, 15) is 4.79 Å². The third-order valence-corrected chi connectivity index (χ3v) is 8.13. The molecular formula is C27H32FN7O4. The average molecular weight is 538 g/mol. The highest BCUT2D eigenvalue weighted by molar-refractivity contribution is 5.95. The number of nitrogens with two attached hydrogens (primary N) is 1. The Morgan fingerprint density at radius 1 is 1.21 bits per heavy atom. The smallest absolute Gasteiger partial charge is 0.318 e. The Hall–Kier alpha value is -3.80. The molecule has 3 aromatic heterocycles. The molecule has 1 aliphatic carbocycles. The number of ether oxygens (including phenoxy) is 1. The maximum absolute atomic E-state index is 16.2. The minimum absolute atomic E-state index is 0.137. The fourth-order valence-corrected chi connectivity index (χ4v) is 6.05. The van der Waals surface area contributed by atoms with Crippen LogP contribution in [-0.4, -0.2) is 51.0 Å². The Morgan fingerprint density at radius 3 is 2.72 bits per heavy atom. The quantitative estimate of drug-likeness (QED) is 0.366. The monoisotopic (exact) mass is 537 g/mol. The summed E-state index contributed by atoms with van der Waals surface area (Å²) in [5.74, 6) is 0.645. The van der Waals surface area contributed by atoms with E-state index in [4.69, 9.17) is 24.4 Å². The number of fused-ring (bicyclic) bond motifs is 1. The number of aromatic amines is 1. The molecular weight excluding hydrogens is 505 g/mol. The van der Waals surface area contributed by atoms with Crippen LogP contribution in [0, 0.1) is 31.5 Å². The first-order chi connectivity index (χ1) is 18.8. The molecule has 0 spiro atoms. The van der Waals surface area contributed by atoms with E-state index in [-0.39, 0.29) is 23.6 Å². The Labute approximate surface area is 224 Å². The lowest BCUT2D eigenvalue weighted by atomic mass is 9.74. The molecule has 39 heavy (non-hydrogen) atoms. The predicted molar refractivity (Wildman–Crippen MR) is 139 cm³/mol. The topological polar surface area (TPSA) is 149 Å². The number of aryl methyl sites for hydroxylation is 2. The Balaban J connectivity index is 1.42. The summed E-state index contributed by atoms with van der Waals surface area (Å²) in [4.78, 5) is 22.3. The largest absolute Gasteiger partial charge is 0.408 e. The zero-order chi connectivity index (χ0) is 27.3. The number of benzene rings is 1. The molecule has 1 amide bonds. The molecule has 4 aromatic rings. The summed E-state index contributed by atoms with van der Waals surface area (Å²) in [7, 11) is 0. The molecule has 1 aliphatic heterocycles. The van der Waals surface area contributed by atoms with Crippen molar-refractivity contribution < 1.29 is 22.9 Å². The number of hydrogen-bond donors (Lipinski definition) is 2. The highest BCUT2D eigenvalue weighted by Crippen LogP contribution is 2.43. The zero-order valence-corrected chi connectivity index (χ0v) is 22.2. The van der Waals surface area contributed by atoms with Crippen molar-refractivity contribution in [2.45, 2.75) is 58.4 Å². The minimum atomic E-state index is -0.601. The molecule has 6 rings (SSSR count). The van der Waals surface area contributed by atoms with Gasteiger partial charge >= 0.3 is 6.01 Å². The van der Waals surface area contributed by atoms with E-state index in [1.165, 1.54) is 0 Å². The van der Waals surface area contributed by atoms with Crippen molar-refractivity contribution in [3.05, 3.63) is 52.2 Å². The van der Waals surface area contributed by atoms with Crippen molar-refractivity contribution in [1.29, 1.82) is 0 Å². The Morgan fingerprint density at radius 2 is 2.00 bits per heavy atom. The van der Waals surface area contributed by atoms with Crippen molar-refractivity contribution in [2.75, 3.05) is 24.7 Å². The van der Waals surface area contributed by atoms with Gasteiger partial charge < -0.3 is 29.3 Å². The summed E-state index contributed by atoms with van der Waals surface area (Å²) in [6, 6.07) is 3.42. The van der Waals surface area contributed by atoms with Gasteiger partial charge in [0.05, 0.1) is 36.4 Å². The number of primary amides is 1. The number of nitrogens with one attached hydrogen (secondary N) is 1. The van der Waals surface area contributed by atoms with E-state index in [1.807, 2.05) is 11.0 Å².